The van der Waals surface area contributed by atoms with Crippen LogP contribution < -0.4 is 9.80 Å². The molecular formula is C27H28N2. The standard InChI is InChI=1S/C27H28N2/c1-18-5-9-22-11-7-20(3)26(24(22)15-18)28-13-14-29(17-28)27-21(4)8-12-23-10-6-19(2)16-25(23)27/h5-12,15-16H,13-14,17H2,1-4H3. The normalized spacial score (nSPS) is 14.3. The lowest BCUT2D eigenvalue weighted by molar-refractivity contribution is 0.948. The van der Waals surface area contributed by atoms with Crippen LogP contribution in [0.15, 0.2) is 60.7 Å². The summed E-state index contributed by atoms with van der Waals surface area (Å²) >= 11 is 0. The second-order valence-corrected chi connectivity index (χ2v) is 8.58. The van der Waals surface area contributed by atoms with Gasteiger partial charge in [0, 0.05) is 35.2 Å². The molecule has 0 bridgehead atoms. The van der Waals surface area contributed by atoms with Gasteiger partial charge in [0.25, 0.3) is 0 Å². The molecule has 1 heterocycles. The van der Waals surface area contributed by atoms with Crippen LogP contribution in [-0.4, -0.2) is 19.8 Å². The van der Waals surface area contributed by atoms with E-state index < -0.39 is 0 Å². The third-order valence-electron chi connectivity index (χ3n) is 6.31. The minimum atomic E-state index is 0.932. The van der Waals surface area contributed by atoms with Crippen molar-refractivity contribution < 1.29 is 0 Å². The summed E-state index contributed by atoms with van der Waals surface area (Å²) in [7, 11) is 0. The number of nitrogens with zero attached hydrogens (tertiary/aromatic N) is 2. The summed E-state index contributed by atoms with van der Waals surface area (Å²) in [6, 6.07) is 22.6. The Morgan fingerprint density at radius 1 is 0.552 bits per heavy atom. The lowest BCUT2D eigenvalue weighted by Crippen LogP contribution is -2.26. The van der Waals surface area contributed by atoms with Gasteiger partial charge >= 0.3 is 0 Å². The number of aryl methyl sites for hydroxylation is 4. The van der Waals surface area contributed by atoms with Crippen LogP contribution in [0.4, 0.5) is 11.4 Å². The number of anilines is 2. The van der Waals surface area contributed by atoms with E-state index in [0.29, 0.717) is 0 Å². The molecule has 0 spiro atoms. The fraction of sp³-hybridized carbons (Fsp3) is 0.259. The Labute approximate surface area is 173 Å². The highest BCUT2D eigenvalue weighted by molar-refractivity contribution is 5.98. The van der Waals surface area contributed by atoms with Gasteiger partial charge < -0.3 is 9.80 Å². The summed E-state index contributed by atoms with van der Waals surface area (Å²) in [5.41, 5.74) is 8.14. The summed E-state index contributed by atoms with van der Waals surface area (Å²) in [4.78, 5) is 5.12. The molecule has 0 amide bonds. The molecule has 0 aromatic heterocycles. The Balaban J connectivity index is 1.59. The van der Waals surface area contributed by atoms with Gasteiger partial charge in [0.1, 0.15) is 0 Å². The minimum Gasteiger partial charge on any atom is -0.351 e. The molecule has 5 rings (SSSR count). The zero-order valence-corrected chi connectivity index (χ0v) is 17.8. The van der Waals surface area contributed by atoms with Crippen molar-refractivity contribution in [1.29, 1.82) is 0 Å². The highest BCUT2D eigenvalue weighted by Crippen LogP contribution is 2.37. The van der Waals surface area contributed by atoms with E-state index in [1.807, 2.05) is 0 Å². The third kappa shape index (κ3) is 3.04. The first-order valence-electron chi connectivity index (χ1n) is 10.5. The van der Waals surface area contributed by atoms with Gasteiger partial charge in [-0.15, -0.1) is 0 Å². The quantitative estimate of drug-likeness (QED) is 0.391. The number of benzene rings is 4. The summed E-state index contributed by atoms with van der Waals surface area (Å²) in [6.07, 6.45) is 0. The zero-order valence-electron chi connectivity index (χ0n) is 17.8. The fourth-order valence-electron chi connectivity index (χ4n) is 4.85. The van der Waals surface area contributed by atoms with Crippen molar-refractivity contribution in [1.82, 2.24) is 0 Å². The van der Waals surface area contributed by atoms with E-state index >= 15 is 0 Å². The van der Waals surface area contributed by atoms with E-state index in [4.69, 9.17) is 0 Å². The predicted octanol–water partition coefficient (Wildman–Crippen LogP) is 6.51. The van der Waals surface area contributed by atoms with E-state index in [1.54, 1.807) is 0 Å². The monoisotopic (exact) mass is 380 g/mol. The van der Waals surface area contributed by atoms with Gasteiger partial charge in [-0.25, -0.2) is 0 Å². The Bertz CT molecular complexity index is 1130. The Morgan fingerprint density at radius 2 is 0.966 bits per heavy atom. The van der Waals surface area contributed by atoms with Gasteiger partial charge in [0.05, 0.1) is 6.67 Å². The second-order valence-electron chi connectivity index (χ2n) is 8.58. The molecule has 4 aromatic rings. The van der Waals surface area contributed by atoms with E-state index in [2.05, 4.69) is 98.2 Å². The molecule has 0 unspecified atom stereocenters. The second kappa shape index (κ2) is 6.81. The first-order valence-corrected chi connectivity index (χ1v) is 10.5. The van der Waals surface area contributed by atoms with Gasteiger partial charge in [-0.2, -0.15) is 0 Å². The molecule has 0 atom stereocenters. The van der Waals surface area contributed by atoms with Crippen molar-refractivity contribution in [3.8, 4) is 0 Å². The van der Waals surface area contributed by atoms with Crippen LogP contribution in [0.5, 0.6) is 0 Å². The molecular weight excluding hydrogens is 352 g/mol. The number of fused-ring (bicyclic) bond motifs is 2. The molecule has 29 heavy (non-hydrogen) atoms. The van der Waals surface area contributed by atoms with Crippen molar-refractivity contribution in [3.05, 3.63) is 82.9 Å². The summed E-state index contributed by atoms with van der Waals surface area (Å²) in [5, 5.41) is 5.40. The first-order chi connectivity index (χ1) is 14.0. The summed E-state index contributed by atoms with van der Waals surface area (Å²) < 4.78 is 0. The maximum atomic E-state index is 2.56. The van der Waals surface area contributed by atoms with Crippen molar-refractivity contribution in [2.45, 2.75) is 27.7 Å². The molecule has 1 aliphatic rings. The van der Waals surface area contributed by atoms with Crippen LogP contribution in [0, 0.1) is 27.7 Å². The lowest BCUT2D eigenvalue weighted by atomic mass is 10.0. The predicted molar refractivity (Wildman–Crippen MR) is 126 cm³/mol. The van der Waals surface area contributed by atoms with Gasteiger partial charge in [0.2, 0.25) is 0 Å². The molecule has 0 N–H and O–H groups in total. The van der Waals surface area contributed by atoms with Gasteiger partial charge in [0.15, 0.2) is 0 Å². The number of hydrogen-bond acceptors (Lipinski definition) is 2. The smallest absolute Gasteiger partial charge is 0.0904 e. The maximum Gasteiger partial charge on any atom is 0.0904 e. The van der Waals surface area contributed by atoms with Crippen molar-refractivity contribution >= 4 is 32.9 Å². The summed E-state index contributed by atoms with van der Waals surface area (Å²) in [5.74, 6) is 0. The molecule has 4 aromatic carbocycles. The lowest BCUT2D eigenvalue weighted by Gasteiger charge is -2.26. The van der Waals surface area contributed by atoms with Gasteiger partial charge in [-0.05, 0) is 61.7 Å². The zero-order chi connectivity index (χ0) is 20.1. The van der Waals surface area contributed by atoms with Crippen LogP contribution in [0.1, 0.15) is 22.3 Å². The van der Waals surface area contributed by atoms with Crippen LogP contribution in [0.2, 0.25) is 0 Å². The van der Waals surface area contributed by atoms with Crippen molar-refractivity contribution in [2.75, 3.05) is 29.6 Å². The molecule has 1 aliphatic heterocycles. The molecule has 0 radical (unpaired) electrons. The minimum absolute atomic E-state index is 0.932. The Kier molecular flexibility index (Phi) is 4.24. The van der Waals surface area contributed by atoms with Crippen LogP contribution in [0.25, 0.3) is 21.5 Å². The average molecular weight is 381 g/mol. The molecule has 146 valence electrons. The summed E-state index contributed by atoms with van der Waals surface area (Å²) in [6.45, 7) is 11.9. The van der Waals surface area contributed by atoms with E-state index in [9.17, 15) is 0 Å². The van der Waals surface area contributed by atoms with E-state index in [0.717, 1.165) is 19.8 Å². The molecule has 2 nitrogen and oxygen atoms in total. The van der Waals surface area contributed by atoms with Crippen LogP contribution >= 0.6 is 0 Å². The highest BCUT2D eigenvalue weighted by Gasteiger charge is 2.25. The topological polar surface area (TPSA) is 6.48 Å². The average Bonchev–Trinajstić information content (AvgIpc) is 3.16. The largest absolute Gasteiger partial charge is 0.351 e. The molecule has 1 fully saturated rings. The fourth-order valence-corrected chi connectivity index (χ4v) is 4.85. The van der Waals surface area contributed by atoms with E-state index in [-0.39, 0.29) is 0 Å². The molecule has 2 heteroatoms. The highest BCUT2D eigenvalue weighted by atomic mass is 15.4. The molecule has 0 saturated carbocycles. The van der Waals surface area contributed by atoms with Crippen LogP contribution in [-0.2, 0) is 0 Å². The number of rotatable bonds is 2. The van der Waals surface area contributed by atoms with Gasteiger partial charge in [-0.1, -0.05) is 59.7 Å². The SMILES string of the molecule is Cc1ccc2ccc(C)c(N3CCN(c4c(C)ccc5ccc(C)cc45)C3)c2c1. The van der Waals surface area contributed by atoms with Crippen LogP contribution in [0.3, 0.4) is 0 Å². The van der Waals surface area contributed by atoms with E-state index in [1.165, 1.54) is 55.2 Å². The Morgan fingerprint density at radius 3 is 1.41 bits per heavy atom. The molecule has 1 saturated heterocycles. The maximum absolute atomic E-state index is 2.56. The van der Waals surface area contributed by atoms with Crippen molar-refractivity contribution in [2.24, 2.45) is 0 Å². The number of hydrogen-bond donors (Lipinski definition) is 0. The third-order valence-corrected chi connectivity index (χ3v) is 6.31. The van der Waals surface area contributed by atoms with Crippen molar-refractivity contribution in [3.63, 3.8) is 0 Å². The first kappa shape index (κ1) is 18.1. The Hall–Kier alpha value is -3.00. The molecule has 0 aliphatic carbocycles. The van der Waals surface area contributed by atoms with Gasteiger partial charge in [-0.3, -0.25) is 0 Å².